The van der Waals surface area contributed by atoms with Crippen LogP contribution in [0.5, 0.6) is 0 Å². The van der Waals surface area contributed by atoms with E-state index in [2.05, 4.69) is 23.7 Å². The topological polar surface area (TPSA) is 35.5 Å². The van der Waals surface area contributed by atoms with Crippen LogP contribution >= 0.6 is 0 Å². The second kappa shape index (κ2) is 8.23. The molecule has 0 bridgehead atoms. The molecule has 0 saturated heterocycles. The summed E-state index contributed by atoms with van der Waals surface area (Å²) >= 11 is 0. The Balaban J connectivity index is 3.71. The smallest absolute Gasteiger partial charge is 0.0558 e. The average molecular weight is 186 g/mol. The number of aliphatic hydroxyl groups excluding tert-OH is 1. The van der Waals surface area contributed by atoms with Crippen molar-refractivity contribution in [1.82, 2.24) is 10.2 Å². The maximum atomic E-state index is 8.81. The highest BCUT2D eigenvalue weighted by Crippen LogP contribution is 1.98. The Labute approximate surface area is 81.4 Å². The molecule has 78 valence electrons. The van der Waals surface area contributed by atoms with Gasteiger partial charge in [-0.15, -0.1) is 6.58 Å². The van der Waals surface area contributed by atoms with Crippen molar-refractivity contribution in [3.8, 4) is 0 Å². The van der Waals surface area contributed by atoms with Crippen LogP contribution in [-0.4, -0.2) is 49.8 Å². The van der Waals surface area contributed by atoms with Gasteiger partial charge in [0.1, 0.15) is 0 Å². The Morgan fingerprint density at radius 2 is 2.31 bits per heavy atom. The minimum Gasteiger partial charge on any atom is -0.395 e. The van der Waals surface area contributed by atoms with Crippen LogP contribution in [0.1, 0.15) is 6.92 Å². The second-order valence-corrected chi connectivity index (χ2v) is 3.43. The molecule has 0 aliphatic heterocycles. The standard InChI is InChI=1S/C10H22N2O/c1-4-5-12(6-7-13)9-10(2)8-11-3/h4,10-11,13H,1,5-9H2,2-3H3. The van der Waals surface area contributed by atoms with Gasteiger partial charge in [0.15, 0.2) is 0 Å². The summed E-state index contributed by atoms with van der Waals surface area (Å²) in [6.45, 7) is 9.73. The van der Waals surface area contributed by atoms with Gasteiger partial charge in [-0.1, -0.05) is 13.0 Å². The van der Waals surface area contributed by atoms with E-state index < -0.39 is 0 Å². The number of nitrogens with zero attached hydrogens (tertiary/aromatic N) is 1. The predicted octanol–water partition coefficient (Wildman–Crippen LogP) is 0.322. The second-order valence-electron chi connectivity index (χ2n) is 3.43. The van der Waals surface area contributed by atoms with Gasteiger partial charge in [-0.2, -0.15) is 0 Å². The zero-order valence-electron chi connectivity index (χ0n) is 8.79. The van der Waals surface area contributed by atoms with Crippen molar-refractivity contribution >= 4 is 0 Å². The Morgan fingerprint density at radius 3 is 2.77 bits per heavy atom. The maximum absolute atomic E-state index is 8.81. The molecular weight excluding hydrogens is 164 g/mol. The molecule has 13 heavy (non-hydrogen) atoms. The van der Waals surface area contributed by atoms with Gasteiger partial charge in [0, 0.05) is 19.6 Å². The molecule has 0 aromatic rings. The van der Waals surface area contributed by atoms with E-state index in [1.165, 1.54) is 0 Å². The van der Waals surface area contributed by atoms with E-state index >= 15 is 0 Å². The molecule has 0 radical (unpaired) electrons. The first-order valence-corrected chi connectivity index (χ1v) is 4.83. The third-order valence-corrected chi connectivity index (χ3v) is 1.93. The summed E-state index contributed by atoms with van der Waals surface area (Å²) < 4.78 is 0. The van der Waals surface area contributed by atoms with Gasteiger partial charge in [0.2, 0.25) is 0 Å². The largest absolute Gasteiger partial charge is 0.395 e. The molecule has 0 aliphatic rings. The number of rotatable bonds is 8. The Morgan fingerprint density at radius 1 is 1.62 bits per heavy atom. The Bertz CT molecular complexity index is 128. The van der Waals surface area contributed by atoms with Crippen LogP contribution in [0, 0.1) is 5.92 Å². The van der Waals surface area contributed by atoms with Crippen LogP contribution in [0.3, 0.4) is 0 Å². The third-order valence-electron chi connectivity index (χ3n) is 1.93. The first-order chi connectivity index (χ1) is 6.24. The van der Waals surface area contributed by atoms with E-state index in [0.717, 1.165) is 26.2 Å². The molecule has 0 saturated carbocycles. The highest BCUT2D eigenvalue weighted by Gasteiger charge is 2.07. The molecule has 0 heterocycles. The first kappa shape index (κ1) is 12.6. The first-order valence-electron chi connectivity index (χ1n) is 4.83. The number of aliphatic hydroxyl groups is 1. The van der Waals surface area contributed by atoms with Gasteiger partial charge in [-0.3, -0.25) is 4.90 Å². The summed E-state index contributed by atoms with van der Waals surface area (Å²) in [5, 5.41) is 12.0. The highest BCUT2D eigenvalue weighted by molar-refractivity contribution is 4.74. The molecule has 0 rings (SSSR count). The van der Waals surface area contributed by atoms with Crippen molar-refractivity contribution in [3.63, 3.8) is 0 Å². The van der Waals surface area contributed by atoms with E-state index in [-0.39, 0.29) is 6.61 Å². The van der Waals surface area contributed by atoms with Gasteiger partial charge >= 0.3 is 0 Å². The van der Waals surface area contributed by atoms with Gasteiger partial charge in [-0.25, -0.2) is 0 Å². The summed E-state index contributed by atoms with van der Waals surface area (Å²) in [6, 6.07) is 0. The van der Waals surface area contributed by atoms with E-state index in [9.17, 15) is 0 Å². The van der Waals surface area contributed by atoms with Crippen LogP contribution in [0.15, 0.2) is 12.7 Å². The number of hydrogen-bond donors (Lipinski definition) is 2. The molecule has 0 amide bonds. The van der Waals surface area contributed by atoms with E-state index in [0.29, 0.717) is 5.92 Å². The van der Waals surface area contributed by atoms with E-state index in [1.54, 1.807) is 0 Å². The van der Waals surface area contributed by atoms with Crippen molar-refractivity contribution in [2.75, 3.05) is 39.8 Å². The summed E-state index contributed by atoms with van der Waals surface area (Å²) in [7, 11) is 1.96. The van der Waals surface area contributed by atoms with E-state index in [1.807, 2.05) is 13.1 Å². The fourth-order valence-electron chi connectivity index (χ4n) is 1.43. The fraction of sp³-hybridized carbons (Fsp3) is 0.800. The van der Waals surface area contributed by atoms with Gasteiger partial charge < -0.3 is 10.4 Å². The van der Waals surface area contributed by atoms with Gasteiger partial charge in [0.25, 0.3) is 0 Å². The lowest BCUT2D eigenvalue weighted by Gasteiger charge is -2.23. The maximum Gasteiger partial charge on any atom is 0.0558 e. The van der Waals surface area contributed by atoms with Gasteiger partial charge in [-0.05, 0) is 19.5 Å². The molecule has 3 nitrogen and oxygen atoms in total. The van der Waals surface area contributed by atoms with Crippen molar-refractivity contribution < 1.29 is 5.11 Å². The Kier molecular flexibility index (Phi) is 7.99. The number of hydrogen-bond acceptors (Lipinski definition) is 3. The lowest BCUT2D eigenvalue weighted by Crippen LogP contribution is -2.34. The molecular formula is C10H22N2O. The predicted molar refractivity (Wildman–Crippen MR) is 56.8 cm³/mol. The molecule has 1 unspecified atom stereocenters. The zero-order valence-corrected chi connectivity index (χ0v) is 8.79. The van der Waals surface area contributed by atoms with Crippen molar-refractivity contribution in [2.45, 2.75) is 6.92 Å². The molecule has 0 aromatic carbocycles. The molecule has 3 heteroatoms. The molecule has 2 N–H and O–H groups in total. The number of nitrogens with one attached hydrogen (secondary N) is 1. The van der Waals surface area contributed by atoms with Crippen molar-refractivity contribution in [3.05, 3.63) is 12.7 Å². The average Bonchev–Trinajstić information content (AvgIpc) is 2.05. The summed E-state index contributed by atoms with van der Waals surface area (Å²) in [6.07, 6.45) is 1.88. The summed E-state index contributed by atoms with van der Waals surface area (Å²) in [5.41, 5.74) is 0. The SMILES string of the molecule is C=CCN(CCO)CC(C)CNC. The minimum atomic E-state index is 0.222. The van der Waals surface area contributed by atoms with Crippen molar-refractivity contribution in [1.29, 1.82) is 0 Å². The zero-order chi connectivity index (χ0) is 10.1. The lowest BCUT2D eigenvalue weighted by molar-refractivity contribution is 0.191. The summed E-state index contributed by atoms with van der Waals surface area (Å²) in [5.74, 6) is 0.608. The van der Waals surface area contributed by atoms with Crippen LogP contribution < -0.4 is 5.32 Å². The molecule has 1 atom stereocenters. The fourth-order valence-corrected chi connectivity index (χ4v) is 1.43. The Hall–Kier alpha value is -0.380. The van der Waals surface area contributed by atoms with Gasteiger partial charge in [0.05, 0.1) is 6.61 Å². The monoisotopic (exact) mass is 186 g/mol. The van der Waals surface area contributed by atoms with E-state index in [4.69, 9.17) is 5.11 Å². The molecule has 0 fully saturated rings. The molecule has 0 spiro atoms. The molecule has 0 aliphatic carbocycles. The van der Waals surface area contributed by atoms with Crippen LogP contribution in [0.2, 0.25) is 0 Å². The van der Waals surface area contributed by atoms with Crippen LogP contribution in [0.25, 0.3) is 0 Å². The highest BCUT2D eigenvalue weighted by atomic mass is 16.3. The minimum absolute atomic E-state index is 0.222. The quantitative estimate of drug-likeness (QED) is 0.536. The summed E-state index contributed by atoms with van der Waals surface area (Å²) in [4.78, 5) is 2.20. The third kappa shape index (κ3) is 6.75. The van der Waals surface area contributed by atoms with Crippen molar-refractivity contribution in [2.24, 2.45) is 5.92 Å². The van der Waals surface area contributed by atoms with Crippen LogP contribution in [-0.2, 0) is 0 Å². The normalized spacial score (nSPS) is 13.2. The van der Waals surface area contributed by atoms with Crippen LogP contribution in [0.4, 0.5) is 0 Å². The molecule has 0 aromatic heterocycles. The lowest BCUT2D eigenvalue weighted by atomic mass is 10.1.